The van der Waals surface area contributed by atoms with E-state index in [1.165, 1.54) is 49.9 Å². The van der Waals surface area contributed by atoms with Gasteiger partial charge in [-0.3, -0.25) is 0 Å². The highest BCUT2D eigenvalue weighted by molar-refractivity contribution is 5.26. The number of aliphatic hydroxyl groups is 2. The van der Waals surface area contributed by atoms with Gasteiger partial charge in [0.15, 0.2) is 0 Å². The number of hydrogen-bond acceptors (Lipinski definition) is 3. The van der Waals surface area contributed by atoms with Crippen LogP contribution in [0.4, 0.5) is 0 Å². The molecular formula is C27H44O3. The Balaban J connectivity index is 1.36. The highest BCUT2D eigenvalue weighted by atomic mass is 16.5. The van der Waals surface area contributed by atoms with Crippen molar-refractivity contribution >= 4 is 0 Å². The average molecular weight is 417 g/mol. The zero-order valence-electron chi connectivity index (χ0n) is 19.7. The van der Waals surface area contributed by atoms with E-state index in [1.54, 1.807) is 0 Å². The molecule has 5 aliphatic rings. The highest BCUT2D eigenvalue weighted by Crippen LogP contribution is 2.69. The van der Waals surface area contributed by atoms with Gasteiger partial charge in [-0.25, -0.2) is 0 Å². The summed E-state index contributed by atoms with van der Waals surface area (Å²) in [5.74, 6) is 5.49. The minimum atomic E-state index is -0.0486. The maximum Gasteiger partial charge on any atom is 0.106 e. The summed E-state index contributed by atoms with van der Waals surface area (Å²) in [6.45, 7) is 9.94. The quantitative estimate of drug-likeness (QED) is 0.618. The largest absolute Gasteiger partial charge is 0.494 e. The minimum Gasteiger partial charge on any atom is -0.494 e. The molecule has 0 saturated heterocycles. The van der Waals surface area contributed by atoms with E-state index in [2.05, 4.69) is 27.7 Å². The van der Waals surface area contributed by atoms with Gasteiger partial charge in [0.05, 0.1) is 11.9 Å². The van der Waals surface area contributed by atoms with Crippen LogP contribution in [-0.2, 0) is 4.74 Å². The molecule has 3 nitrogen and oxygen atoms in total. The van der Waals surface area contributed by atoms with E-state index in [0.717, 1.165) is 49.4 Å². The van der Waals surface area contributed by atoms with Crippen molar-refractivity contribution in [2.75, 3.05) is 6.61 Å². The lowest BCUT2D eigenvalue weighted by Gasteiger charge is -2.60. The number of rotatable bonds is 4. The van der Waals surface area contributed by atoms with Gasteiger partial charge in [-0.15, -0.1) is 0 Å². The van der Waals surface area contributed by atoms with Gasteiger partial charge in [0.2, 0.25) is 0 Å². The SMILES string of the molecule is CC1=C(CC[C@H](C)CO)O[C@H]2C[C@H]3C4CC[C@@H]5C[C@@H](O)CC[C@]5(C)[C@H]4CC[C@]3(C)[C@@H]12. The second-order valence-electron chi connectivity index (χ2n) is 12.4. The number of fused-ring (bicyclic) bond motifs is 7. The highest BCUT2D eigenvalue weighted by Gasteiger charge is 2.64. The molecule has 1 heterocycles. The smallest absolute Gasteiger partial charge is 0.106 e. The summed E-state index contributed by atoms with van der Waals surface area (Å²) in [4.78, 5) is 0. The Kier molecular flexibility index (Phi) is 5.33. The maximum absolute atomic E-state index is 10.3. The van der Waals surface area contributed by atoms with Gasteiger partial charge in [-0.2, -0.15) is 0 Å². The van der Waals surface area contributed by atoms with Crippen LogP contribution in [0.15, 0.2) is 11.3 Å². The van der Waals surface area contributed by atoms with Gasteiger partial charge in [0.1, 0.15) is 6.10 Å². The van der Waals surface area contributed by atoms with Crippen LogP contribution in [0.5, 0.6) is 0 Å². The number of allylic oxidation sites excluding steroid dienone is 1. The van der Waals surface area contributed by atoms with Gasteiger partial charge < -0.3 is 14.9 Å². The van der Waals surface area contributed by atoms with Gasteiger partial charge in [0.25, 0.3) is 0 Å². The van der Waals surface area contributed by atoms with E-state index in [-0.39, 0.29) is 12.7 Å². The Morgan fingerprint density at radius 3 is 2.57 bits per heavy atom. The van der Waals surface area contributed by atoms with Crippen molar-refractivity contribution < 1.29 is 14.9 Å². The van der Waals surface area contributed by atoms with Crippen molar-refractivity contribution in [1.29, 1.82) is 0 Å². The lowest BCUT2D eigenvalue weighted by atomic mass is 9.44. The first kappa shape index (κ1) is 21.3. The molecule has 4 aliphatic carbocycles. The van der Waals surface area contributed by atoms with Crippen molar-refractivity contribution in [2.24, 2.45) is 46.3 Å². The van der Waals surface area contributed by atoms with Gasteiger partial charge in [-0.1, -0.05) is 20.8 Å². The van der Waals surface area contributed by atoms with Crippen LogP contribution in [0, 0.1) is 46.3 Å². The molecule has 3 heteroatoms. The van der Waals surface area contributed by atoms with Crippen LogP contribution in [0.2, 0.25) is 0 Å². The summed E-state index contributed by atoms with van der Waals surface area (Å²) in [7, 11) is 0. The summed E-state index contributed by atoms with van der Waals surface area (Å²) < 4.78 is 6.64. The van der Waals surface area contributed by atoms with Gasteiger partial charge in [-0.05, 0) is 111 Å². The van der Waals surface area contributed by atoms with Crippen LogP contribution in [0.1, 0.15) is 91.9 Å². The standard InChI is InChI=1S/C27H44O3/c1-16(15-28)5-8-23-17(2)25-24(30-23)14-22-20-7-6-18-13-19(29)9-11-26(18,3)21(20)10-12-27(22,25)4/h16,18-22,24-25,28-29H,5-15H2,1-4H3/t16-,18+,19-,20?,21-,22-,24-,25-,26-,27-/m0/s1. The molecule has 1 unspecified atom stereocenters. The molecule has 0 spiro atoms. The van der Waals surface area contributed by atoms with Crippen molar-refractivity contribution in [2.45, 2.75) is 104 Å². The summed E-state index contributed by atoms with van der Waals surface area (Å²) in [5.41, 5.74) is 2.39. The predicted octanol–water partition coefficient (Wildman–Crippen LogP) is 5.70. The maximum atomic E-state index is 10.3. The van der Waals surface area contributed by atoms with Crippen molar-refractivity contribution in [1.82, 2.24) is 0 Å². The molecule has 0 bridgehead atoms. The van der Waals surface area contributed by atoms with Crippen molar-refractivity contribution in [3.05, 3.63) is 11.3 Å². The van der Waals surface area contributed by atoms with Crippen molar-refractivity contribution in [3.8, 4) is 0 Å². The van der Waals surface area contributed by atoms with Crippen LogP contribution >= 0.6 is 0 Å². The van der Waals surface area contributed by atoms with E-state index in [1.807, 2.05) is 0 Å². The lowest BCUT2D eigenvalue weighted by molar-refractivity contribution is -0.124. The fourth-order valence-electron chi connectivity index (χ4n) is 9.29. The first-order chi connectivity index (χ1) is 14.3. The zero-order chi connectivity index (χ0) is 21.3. The summed E-state index contributed by atoms with van der Waals surface area (Å²) in [6.07, 6.45) is 12.4. The number of hydrogen-bond donors (Lipinski definition) is 2. The van der Waals surface area contributed by atoms with Crippen LogP contribution < -0.4 is 0 Å². The molecule has 30 heavy (non-hydrogen) atoms. The van der Waals surface area contributed by atoms with Crippen LogP contribution in [0.3, 0.4) is 0 Å². The molecule has 1 aliphatic heterocycles. The van der Waals surface area contributed by atoms with E-state index in [4.69, 9.17) is 4.74 Å². The molecule has 170 valence electrons. The first-order valence-electron chi connectivity index (χ1n) is 12.9. The molecule has 10 atom stereocenters. The van der Waals surface area contributed by atoms with E-state index >= 15 is 0 Å². The van der Waals surface area contributed by atoms with Crippen LogP contribution in [0.25, 0.3) is 0 Å². The Bertz CT molecular complexity index is 700. The summed E-state index contributed by atoms with van der Waals surface area (Å²) in [6, 6.07) is 0. The molecule has 0 radical (unpaired) electrons. The van der Waals surface area contributed by atoms with Gasteiger partial charge >= 0.3 is 0 Å². The third kappa shape index (κ3) is 3.04. The molecular weight excluding hydrogens is 372 g/mol. The molecule has 2 N–H and O–H groups in total. The van der Waals surface area contributed by atoms with E-state index in [0.29, 0.717) is 28.8 Å². The second-order valence-corrected chi connectivity index (χ2v) is 12.4. The normalized spacial score (nSPS) is 50.9. The van der Waals surface area contributed by atoms with Crippen LogP contribution in [-0.4, -0.2) is 29.0 Å². The molecule has 0 aromatic rings. The fraction of sp³-hybridized carbons (Fsp3) is 0.926. The topological polar surface area (TPSA) is 49.7 Å². The third-order valence-electron chi connectivity index (χ3n) is 11.0. The summed E-state index contributed by atoms with van der Waals surface area (Å²) >= 11 is 0. The predicted molar refractivity (Wildman–Crippen MR) is 120 cm³/mol. The minimum absolute atomic E-state index is 0.0486. The Hall–Kier alpha value is -0.540. The molecule has 5 rings (SSSR count). The van der Waals surface area contributed by atoms with Crippen molar-refractivity contribution in [3.63, 3.8) is 0 Å². The molecule has 4 fully saturated rings. The van der Waals surface area contributed by atoms with E-state index < -0.39 is 0 Å². The molecule has 0 amide bonds. The second kappa shape index (κ2) is 7.51. The number of aliphatic hydroxyl groups excluding tert-OH is 2. The fourth-order valence-corrected chi connectivity index (χ4v) is 9.29. The molecule has 0 aromatic carbocycles. The average Bonchev–Trinajstić information content (AvgIpc) is 3.20. The molecule has 4 saturated carbocycles. The zero-order valence-corrected chi connectivity index (χ0v) is 19.7. The lowest BCUT2D eigenvalue weighted by Crippen LogP contribution is -2.54. The van der Waals surface area contributed by atoms with Gasteiger partial charge in [0, 0.05) is 18.9 Å². The molecule has 0 aromatic heterocycles. The van der Waals surface area contributed by atoms with E-state index in [9.17, 15) is 10.2 Å². The monoisotopic (exact) mass is 416 g/mol. The Morgan fingerprint density at radius 1 is 1.03 bits per heavy atom. The Morgan fingerprint density at radius 2 is 1.80 bits per heavy atom. The first-order valence-corrected chi connectivity index (χ1v) is 12.9. The number of ether oxygens (including phenoxy) is 1. The Labute approximate surface area is 183 Å². The summed E-state index contributed by atoms with van der Waals surface area (Å²) in [5, 5.41) is 19.7. The third-order valence-corrected chi connectivity index (χ3v) is 11.0.